The first-order valence-corrected chi connectivity index (χ1v) is 11.2. The van der Waals surface area contributed by atoms with Gasteiger partial charge in [-0.05, 0) is 56.0 Å². The van der Waals surface area contributed by atoms with Gasteiger partial charge in [0.2, 0.25) is 0 Å². The topological polar surface area (TPSA) is 55.8 Å². The molecular weight excluding hydrogens is 412 g/mol. The molecule has 0 amide bonds. The number of carboxylic acid groups (broad SMARTS) is 1. The van der Waals surface area contributed by atoms with Crippen molar-refractivity contribution in [3.63, 3.8) is 0 Å². The summed E-state index contributed by atoms with van der Waals surface area (Å²) in [6.07, 6.45) is 1.37. The molecule has 2 aromatic carbocycles. The van der Waals surface area contributed by atoms with Crippen LogP contribution in [0.5, 0.6) is 5.75 Å². The van der Waals surface area contributed by atoms with Gasteiger partial charge < -0.3 is 14.6 Å². The quantitative estimate of drug-likeness (QED) is 0.469. The summed E-state index contributed by atoms with van der Waals surface area (Å²) in [6, 6.07) is 13.5. The molecule has 0 unspecified atom stereocenters. The molecule has 0 radical (unpaired) electrons. The van der Waals surface area contributed by atoms with Gasteiger partial charge in [-0.3, -0.25) is 4.79 Å². The molecule has 5 heteroatoms. The molecular formula is C26H31ClO4. The van der Waals surface area contributed by atoms with Gasteiger partial charge in [0.25, 0.3) is 0 Å². The van der Waals surface area contributed by atoms with Gasteiger partial charge in [-0.25, -0.2) is 0 Å². The first-order valence-electron chi connectivity index (χ1n) is 10.8. The molecule has 4 atom stereocenters. The number of ether oxygens (including phenoxy) is 2. The van der Waals surface area contributed by atoms with Crippen LogP contribution >= 0.6 is 11.6 Å². The van der Waals surface area contributed by atoms with Crippen LogP contribution < -0.4 is 4.74 Å². The highest BCUT2D eigenvalue weighted by atomic mass is 35.5. The van der Waals surface area contributed by atoms with Crippen molar-refractivity contribution < 1.29 is 19.4 Å². The Morgan fingerprint density at radius 1 is 1.26 bits per heavy atom. The minimum Gasteiger partial charge on any atom is -0.493 e. The summed E-state index contributed by atoms with van der Waals surface area (Å²) in [5.41, 5.74) is 3.74. The number of halogens is 1. The van der Waals surface area contributed by atoms with Crippen LogP contribution in [0.3, 0.4) is 0 Å². The summed E-state index contributed by atoms with van der Waals surface area (Å²) in [5, 5.41) is 10.0. The fourth-order valence-electron chi connectivity index (χ4n) is 4.36. The Kier molecular flexibility index (Phi) is 7.79. The van der Waals surface area contributed by atoms with E-state index < -0.39 is 5.97 Å². The van der Waals surface area contributed by atoms with Crippen LogP contribution in [0.4, 0.5) is 0 Å². The van der Waals surface area contributed by atoms with Gasteiger partial charge in [-0.15, -0.1) is 0 Å². The Hall–Kier alpha value is -2.30. The van der Waals surface area contributed by atoms with Gasteiger partial charge in [0.15, 0.2) is 0 Å². The largest absolute Gasteiger partial charge is 0.493 e. The van der Waals surface area contributed by atoms with Crippen molar-refractivity contribution in [2.45, 2.75) is 58.2 Å². The van der Waals surface area contributed by atoms with Crippen molar-refractivity contribution >= 4 is 17.6 Å². The molecule has 0 spiro atoms. The molecule has 0 aromatic heterocycles. The average molecular weight is 443 g/mol. The molecule has 1 N–H and O–H groups in total. The number of hydrogen-bond donors (Lipinski definition) is 1. The van der Waals surface area contributed by atoms with E-state index in [1.165, 1.54) is 0 Å². The summed E-state index contributed by atoms with van der Waals surface area (Å²) in [5.74, 6) is 0.0902. The number of aliphatic carboxylic acids is 1. The number of rotatable bonds is 8. The lowest BCUT2D eigenvalue weighted by Crippen LogP contribution is -2.34. The van der Waals surface area contributed by atoms with Crippen molar-refractivity contribution in [2.24, 2.45) is 5.92 Å². The fourth-order valence-corrected chi connectivity index (χ4v) is 4.64. The van der Waals surface area contributed by atoms with E-state index >= 15 is 0 Å². The Bertz CT molecular complexity index is 939. The zero-order valence-corrected chi connectivity index (χ0v) is 19.2. The van der Waals surface area contributed by atoms with Crippen molar-refractivity contribution in [3.05, 3.63) is 76.3 Å². The molecule has 1 fully saturated rings. The van der Waals surface area contributed by atoms with E-state index in [0.29, 0.717) is 6.61 Å². The molecule has 31 heavy (non-hydrogen) atoms. The SMILES string of the molecule is C=C(C)[C@H]1C[C@@H](c2ccccc2Cl)[C@H](C)O[C@@H]1c1cc(CC(=O)O)ccc1OCCC. The van der Waals surface area contributed by atoms with Gasteiger partial charge in [0.1, 0.15) is 5.75 Å². The molecule has 1 heterocycles. The highest BCUT2D eigenvalue weighted by Gasteiger charge is 2.39. The van der Waals surface area contributed by atoms with Gasteiger partial charge in [-0.1, -0.05) is 54.9 Å². The third-order valence-electron chi connectivity index (χ3n) is 5.94. The van der Waals surface area contributed by atoms with Crippen molar-refractivity contribution in [1.82, 2.24) is 0 Å². The van der Waals surface area contributed by atoms with E-state index in [9.17, 15) is 9.90 Å². The molecule has 1 saturated heterocycles. The first-order chi connectivity index (χ1) is 14.8. The molecule has 2 aromatic rings. The molecule has 0 aliphatic carbocycles. The van der Waals surface area contributed by atoms with E-state index in [1.54, 1.807) is 0 Å². The minimum atomic E-state index is -0.860. The van der Waals surface area contributed by atoms with Crippen LogP contribution in [0.15, 0.2) is 54.6 Å². The Labute approximate surface area is 189 Å². The van der Waals surface area contributed by atoms with Gasteiger partial charge >= 0.3 is 5.97 Å². The predicted octanol–water partition coefficient (Wildman–Crippen LogP) is 6.58. The van der Waals surface area contributed by atoms with E-state index in [2.05, 4.69) is 26.5 Å². The van der Waals surface area contributed by atoms with Crippen molar-refractivity contribution in [1.29, 1.82) is 0 Å². The number of carbonyl (C=O) groups is 1. The zero-order chi connectivity index (χ0) is 22.5. The molecule has 0 saturated carbocycles. The maximum absolute atomic E-state index is 11.3. The van der Waals surface area contributed by atoms with Crippen molar-refractivity contribution in [2.75, 3.05) is 6.61 Å². The summed E-state index contributed by atoms with van der Waals surface area (Å²) < 4.78 is 12.6. The fraction of sp³-hybridized carbons (Fsp3) is 0.423. The molecule has 1 aliphatic rings. The molecule has 4 nitrogen and oxygen atoms in total. The molecule has 3 rings (SSSR count). The molecule has 166 valence electrons. The van der Waals surface area contributed by atoms with E-state index in [0.717, 1.165) is 45.9 Å². The number of benzene rings is 2. The van der Waals surface area contributed by atoms with Crippen molar-refractivity contribution in [3.8, 4) is 5.75 Å². The van der Waals surface area contributed by atoms with E-state index in [-0.39, 0.29) is 30.5 Å². The highest BCUT2D eigenvalue weighted by molar-refractivity contribution is 6.31. The Morgan fingerprint density at radius 2 is 2.00 bits per heavy atom. The van der Waals surface area contributed by atoms with E-state index in [1.807, 2.05) is 43.3 Å². The van der Waals surface area contributed by atoms with Crippen LogP contribution in [-0.2, 0) is 16.0 Å². The minimum absolute atomic E-state index is 0.0384. The third kappa shape index (κ3) is 5.50. The molecule has 1 aliphatic heterocycles. The maximum atomic E-state index is 11.3. The second kappa shape index (κ2) is 10.3. The lowest BCUT2D eigenvalue weighted by molar-refractivity contribution is -0.136. The summed E-state index contributed by atoms with van der Waals surface area (Å²) in [7, 11) is 0. The van der Waals surface area contributed by atoms with Gasteiger partial charge in [0, 0.05) is 22.4 Å². The van der Waals surface area contributed by atoms with E-state index in [4.69, 9.17) is 21.1 Å². The Balaban J connectivity index is 1.99. The zero-order valence-electron chi connectivity index (χ0n) is 18.4. The predicted molar refractivity (Wildman–Crippen MR) is 124 cm³/mol. The highest BCUT2D eigenvalue weighted by Crippen LogP contribution is 2.49. The number of hydrogen-bond acceptors (Lipinski definition) is 3. The van der Waals surface area contributed by atoms with Gasteiger partial charge in [0.05, 0.1) is 25.2 Å². The monoisotopic (exact) mass is 442 g/mol. The lowest BCUT2D eigenvalue weighted by Gasteiger charge is -2.42. The molecule has 0 bridgehead atoms. The second-order valence-corrected chi connectivity index (χ2v) is 8.78. The summed E-state index contributed by atoms with van der Waals surface area (Å²) >= 11 is 6.50. The smallest absolute Gasteiger partial charge is 0.307 e. The normalized spacial score (nSPS) is 23.4. The van der Waals surface area contributed by atoms with Crippen LogP contribution in [0.1, 0.15) is 62.3 Å². The van der Waals surface area contributed by atoms with Crippen LogP contribution in [0, 0.1) is 5.92 Å². The van der Waals surface area contributed by atoms with Crippen LogP contribution in [0.2, 0.25) is 5.02 Å². The van der Waals surface area contributed by atoms with Crippen LogP contribution in [-0.4, -0.2) is 23.8 Å². The van der Waals surface area contributed by atoms with Crippen LogP contribution in [0.25, 0.3) is 0 Å². The van der Waals surface area contributed by atoms with Gasteiger partial charge in [-0.2, -0.15) is 0 Å². The number of carboxylic acids is 1. The second-order valence-electron chi connectivity index (χ2n) is 8.37. The summed E-state index contributed by atoms with van der Waals surface area (Å²) in [6.45, 7) is 11.0. The average Bonchev–Trinajstić information content (AvgIpc) is 2.72. The standard InChI is InChI=1S/C26H31ClO4/c1-5-12-30-24-11-10-18(14-25(28)29)13-22(24)26-20(16(2)3)15-21(17(4)31-26)19-8-6-7-9-23(19)27/h6-11,13,17,20-21,26H,2,5,12,14-15H2,1,3-4H3,(H,28,29)/t17-,20+,21+,26-/m0/s1. The third-order valence-corrected chi connectivity index (χ3v) is 6.28. The lowest BCUT2D eigenvalue weighted by atomic mass is 9.75. The Morgan fingerprint density at radius 3 is 2.65 bits per heavy atom. The maximum Gasteiger partial charge on any atom is 0.307 e. The first kappa shape index (κ1) is 23.4. The summed E-state index contributed by atoms with van der Waals surface area (Å²) in [4.78, 5) is 11.3.